The van der Waals surface area contributed by atoms with Crippen LogP contribution in [0.3, 0.4) is 0 Å². The van der Waals surface area contributed by atoms with Gasteiger partial charge in [-0.15, -0.1) is 0 Å². The normalized spacial score (nSPS) is 9.11. The van der Waals surface area contributed by atoms with Gasteiger partial charge in [-0.1, -0.05) is 30.9 Å². The molecule has 104 valence electrons. The Balaban J connectivity index is 0.000000711. The predicted molar refractivity (Wildman–Crippen MR) is 91.1 cm³/mol. The Bertz CT molecular complexity index is 376. The summed E-state index contributed by atoms with van der Waals surface area (Å²) in [6.07, 6.45) is 6.01. The summed E-state index contributed by atoms with van der Waals surface area (Å²) in [5.41, 5.74) is 9.05. The van der Waals surface area contributed by atoms with Gasteiger partial charge in [-0.2, -0.15) is 12.6 Å². The number of benzene rings is 1. The molecule has 0 radical (unpaired) electrons. The lowest BCUT2D eigenvalue weighted by atomic mass is 10.0. The molecule has 1 rings (SSSR count). The zero-order chi connectivity index (χ0) is 14.5. The molecule has 1 aromatic carbocycles. The van der Waals surface area contributed by atoms with Crippen molar-refractivity contribution in [1.29, 1.82) is 0 Å². The van der Waals surface area contributed by atoms with Crippen molar-refractivity contribution in [2.75, 3.05) is 11.5 Å². The molecule has 2 nitrogen and oxygen atoms in total. The van der Waals surface area contributed by atoms with Gasteiger partial charge in [0.1, 0.15) is 0 Å². The van der Waals surface area contributed by atoms with E-state index >= 15 is 0 Å². The number of nitrogens with zero attached hydrogens (tertiary/aromatic N) is 1. The molecule has 2 N–H and O–H groups in total. The molecule has 0 aromatic heterocycles. The molecule has 0 bridgehead atoms. The summed E-state index contributed by atoms with van der Waals surface area (Å²) in [6.45, 7) is 10.3. The fourth-order valence-electron chi connectivity index (χ4n) is 1.47. The number of aliphatic imine (C=N–C) groups is 1. The Kier molecular flexibility index (Phi) is 10.7. The standard InChI is InChI=1S/C13H19NS.C3H5N/c1-11(10-15)4-2-3-5-12-6-8-13(14)9-7-12;1-3-4-2/h6-9,15H,1-5,10,14H2;3H,1-2H2. The molecule has 0 saturated carbocycles. The lowest BCUT2D eigenvalue weighted by molar-refractivity contribution is 0.732. The summed E-state index contributed by atoms with van der Waals surface area (Å²) in [4.78, 5) is 3.25. The maximum absolute atomic E-state index is 5.62. The summed E-state index contributed by atoms with van der Waals surface area (Å²) in [6, 6.07) is 8.12. The van der Waals surface area contributed by atoms with Gasteiger partial charge < -0.3 is 5.73 Å². The first-order valence-electron chi connectivity index (χ1n) is 6.32. The van der Waals surface area contributed by atoms with Gasteiger partial charge in [0.15, 0.2) is 0 Å². The lowest BCUT2D eigenvalue weighted by Crippen LogP contribution is -1.89. The first kappa shape index (κ1) is 17.5. The summed E-state index contributed by atoms with van der Waals surface area (Å²) in [5, 5.41) is 0. The number of hydrogen-bond acceptors (Lipinski definition) is 3. The number of rotatable bonds is 7. The number of hydrogen-bond donors (Lipinski definition) is 2. The number of aryl methyl sites for hydroxylation is 1. The summed E-state index contributed by atoms with van der Waals surface area (Å²) in [7, 11) is 0. The molecular formula is C16H24N2S. The molecule has 3 heteroatoms. The molecule has 1 aromatic rings. The Morgan fingerprint density at radius 2 is 1.84 bits per heavy atom. The van der Waals surface area contributed by atoms with Crippen molar-refractivity contribution >= 4 is 25.0 Å². The van der Waals surface area contributed by atoms with Crippen LogP contribution in [0.1, 0.15) is 24.8 Å². The van der Waals surface area contributed by atoms with Gasteiger partial charge in [-0.3, -0.25) is 4.99 Å². The van der Waals surface area contributed by atoms with Gasteiger partial charge in [-0.05, 0) is 50.1 Å². The molecular weight excluding hydrogens is 252 g/mol. The number of thiol groups is 1. The minimum absolute atomic E-state index is 0.807. The van der Waals surface area contributed by atoms with E-state index in [0.717, 1.165) is 24.3 Å². The van der Waals surface area contributed by atoms with Crippen molar-refractivity contribution in [1.82, 2.24) is 0 Å². The third-order valence-corrected chi connectivity index (χ3v) is 3.03. The first-order chi connectivity index (χ1) is 9.13. The number of unbranched alkanes of at least 4 members (excludes halogenated alkanes) is 1. The quantitative estimate of drug-likeness (QED) is 0.252. The molecule has 0 aliphatic carbocycles. The van der Waals surface area contributed by atoms with Gasteiger partial charge in [0.2, 0.25) is 0 Å². The van der Waals surface area contributed by atoms with E-state index in [-0.39, 0.29) is 0 Å². The number of nitrogen functional groups attached to an aromatic ring is 1. The lowest BCUT2D eigenvalue weighted by Gasteiger charge is -2.03. The second-order valence-corrected chi connectivity index (χ2v) is 4.54. The van der Waals surface area contributed by atoms with Crippen molar-refractivity contribution in [3.05, 3.63) is 54.8 Å². The van der Waals surface area contributed by atoms with E-state index in [1.807, 2.05) is 12.1 Å². The topological polar surface area (TPSA) is 38.4 Å². The second kappa shape index (κ2) is 11.6. The highest BCUT2D eigenvalue weighted by Gasteiger charge is 1.95. The van der Waals surface area contributed by atoms with Crippen LogP contribution in [0.15, 0.2) is 54.2 Å². The van der Waals surface area contributed by atoms with Crippen LogP contribution in [0.5, 0.6) is 0 Å². The Morgan fingerprint density at radius 3 is 2.32 bits per heavy atom. The van der Waals surface area contributed by atoms with E-state index in [9.17, 15) is 0 Å². The van der Waals surface area contributed by atoms with Gasteiger partial charge in [0.25, 0.3) is 0 Å². The van der Waals surface area contributed by atoms with Crippen LogP contribution >= 0.6 is 12.6 Å². The second-order valence-electron chi connectivity index (χ2n) is 4.22. The van der Waals surface area contributed by atoms with Crippen LogP contribution < -0.4 is 5.73 Å². The van der Waals surface area contributed by atoms with Crippen LogP contribution in [0.25, 0.3) is 0 Å². The van der Waals surface area contributed by atoms with Gasteiger partial charge >= 0.3 is 0 Å². The Labute approximate surface area is 122 Å². The SMILES string of the molecule is C=C(CS)CCCCc1ccc(N)cc1.C=CN=C. The zero-order valence-electron chi connectivity index (χ0n) is 11.5. The average molecular weight is 276 g/mol. The van der Waals surface area contributed by atoms with Crippen LogP contribution in [0, 0.1) is 0 Å². The summed E-state index contributed by atoms with van der Waals surface area (Å²) < 4.78 is 0. The van der Waals surface area contributed by atoms with Crippen LogP contribution in [-0.2, 0) is 6.42 Å². The van der Waals surface area contributed by atoms with E-state index in [0.29, 0.717) is 0 Å². The maximum Gasteiger partial charge on any atom is 0.0314 e. The molecule has 19 heavy (non-hydrogen) atoms. The molecule has 0 aliphatic rings. The molecule has 0 fully saturated rings. The molecule has 0 unspecified atom stereocenters. The highest BCUT2D eigenvalue weighted by molar-refractivity contribution is 7.80. The molecule has 0 spiro atoms. The molecule has 0 amide bonds. The van der Waals surface area contributed by atoms with Crippen LogP contribution in [-0.4, -0.2) is 12.5 Å². The summed E-state index contributed by atoms with van der Waals surface area (Å²) in [5.74, 6) is 0.807. The van der Waals surface area contributed by atoms with Crippen LogP contribution in [0.4, 0.5) is 5.69 Å². The maximum atomic E-state index is 5.62. The fraction of sp³-hybridized carbons (Fsp3) is 0.312. The zero-order valence-corrected chi connectivity index (χ0v) is 12.4. The first-order valence-corrected chi connectivity index (χ1v) is 6.96. The van der Waals surface area contributed by atoms with E-state index in [4.69, 9.17) is 5.73 Å². The molecule has 0 heterocycles. The average Bonchev–Trinajstić information content (AvgIpc) is 2.45. The van der Waals surface area contributed by atoms with E-state index in [2.05, 4.69) is 49.6 Å². The Morgan fingerprint density at radius 1 is 1.26 bits per heavy atom. The molecule has 0 aliphatic heterocycles. The smallest absolute Gasteiger partial charge is 0.0314 e. The Hall–Kier alpha value is -1.48. The highest BCUT2D eigenvalue weighted by atomic mass is 32.1. The minimum Gasteiger partial charge on any atom is -0.399 e. The minimum atomic E-state index is 0.807. The number of nitrogens with two attached hydrogens (primary N) is 1. The van der Waals surface area contributed by atoms with E-state index < -0.39 is 0 Å². The van der Waals surface area contributed by atoms with Gasteiger partial charge in [-0.25, -0.2) is 0 Å². The number of anilines is 1. The molecule has 0 saturated heterocycles. The molecule has 0 atom stereocenters. The van der Waals surface area contributed by atoms with Crippen molar-refractivity contribution in [2.45, 2.75) is 25.7 Å². The predicted octanol–water partition coefficient (Wildman–Crippen LogP) is 4.30. The van der Waals surface area contributed by atoms with Gasteiger partial charge in [0.05, 0.1) is 0 Å². The van der Waals surface area contributed by atoms with E-state index in [1.54, 1.807) is 0 Å². The van der Waals surface area contributed by atoms with Crippen LogP contribution in [0.2, 0.25) is 0 Å². The summed E-state index contributed by atoms with van der Waals surface area (Å²) >= 11 is 4.19. The monoisotopic (exact) mass is 276 g/mol. The van der Waals surface area contributed by atoms with Crippen molar-refractivity contribution in [3.63, 3.8) is 0 Å². The van der Waals surface area contributed by atoms with Crippen molar-refractivity contribution in [3.8, 4) is 0 Å². The third-order valence-electron chi connectivity index (χ3n) is 2.58. The van der Waals surface area contributed by atoms with E-state index in [1.165, 1.54) is 30.2 Å². The highest BCUT2D eigenvalue weighted by Crippen LogP contribution is 2.12. The van der Waals surface area contributed by atoms with Crippen molar-refractivity contribution < 1.29 is 0 Å². The largest absolute Gasteiger partial charge is 0.399 e. The van der Waals surface area contributed by atoms with Crippen molar-refractivity contribution in [2.24, 2.45) is 4.99 Å². The third kappa shape index (κ3) is 10.2. The van der Waals surface area contributed by atoms with Gasteiger partial charge in [0, 0.05) is 17.6 Å². The fourth-order valence-corrected chi connectivity index (χ4v) is 1.63.